The fourth-order valence-corrected chi connectivity index (χ4v) is 3.39. The Kier molecular flexibility index (Phi) is 4.09. The number of nitrogens with one attached hydrogen (secondary N) is 1. The van der Waals surface area contributed by atoms with E-state index >= 15 is 0 Å². The minimum atomic E-state index is -0.338. The summed E-state index contributed by atoms with van der Waals surface area (Å²) in [7, 11) is 1.38. The summed E-state index contributed by atoms with van der Waals surface area (Å²) in [4.78, 5) is 20.5. The van der Waals surface area contributed by atoms with E-state index in [9.17, 15) is 4.79 Å². The number of anilines is 1. The van der Waals surface area contributed by atoms with Gasteiger partial charge in [-0.3, -0.25) is 9.38 Å². The van der Waals surface area contributed by atoms with Crippen molar-refractivity contribution in [2.24, 2.45) is 0 Å². The Hall–Kier alpha value is -2.89. The standard InChI is InChI=1S/C19H20N4O2/c1-25-19(24)14-8-6-13(7-9-14)17-18(21-15-4-2-3-5-15)23-11-10-20-12-16(23)22-17/h6-12,15,21H,2-5H2,1H3. The number of rotatable bonds is 4. The first-order valence-electron chi connectivity index (χ1n) is 8.53. The van der Waals surface area contributed by atoms with Crippen LogP contribution in [0.1, 0.15) is 36.0 Å². The number of nitrogens with zero attached hydrogens (tertiary/aromatic N) is 3. The van der Waals surface area contributed by atoms with Crippen LogP contribution in [0.3, 0.4) is 0 Å². The first kappa shape index (κ1) is 15.6. The van der Waals surface area contributed by atoms with E-state index in [0.29, 0.717) is 11.6 Å². The van der Waals surface area contributed by atoms with Crippen LogP contribution in [0, 0.1) is 0 Å². The smallest absolute Gasteiger partial charge is 0.337 e. The van der Waals surface area contributed by atoms with Crippen molar-refractivity contribution in [2.75, 3.05) is 12.4 Å². The Morgan fingerprint density at radius 3 is 2.72 bits per heavy atom. The van der Waals surface area contributed by atoms with Crippen LogP contribution in [0.15, 0.2) is 42.9 Å². The van der Waals surface area contributed by atoms with E-state index in [2.05, 4.69) is 10.3 Å². The van der Waals surface area contributed by atoms with Gasteiger partial charge in [0, 0.05) is 24.0 Å². The molecule has 6 heteroatoms. The number of imidazole rings is 1. The summed E-state index contributed by atoms with van der Waals surface area (Å²) >= 11 is 0. The van der Waals surface area contributed by atoms with Crippen molar-refractivity contribution in [3.8, 4) is 11.3 Å². The number of ether oxygens (including phenoxy) is 1. The highest BCUT2D eigenvalue weighted by atomic mass is 16.5. The summed E-state index contributed by atoms with van der Waals surface area (Å²) in [5.41, 5.74) is 3.16. The lowest BCUT2D eigenvalue weighted by Crippen LogP contribution is -2.16. The molecule has 0 aliphatic heterocycles. The highest BCUT2D eigenvalue weighted by Gasteiger charge is 2.20. The lowest BCUT2D eigenvalue weighted by Gasteiger charge is -2.14. The molecule has 1 aromatic carbocycles. The molecule has 0 amide bonds. The summed E-state index contributed by atoms with van der Waals surface area (Å²) in [6.45, 7) is 0. The topological polar surface area (TPSA) is 68.5 Å². The van der Waals surface area contributed by atoms with Crippen molar-refractivity contribution >= 4 is 17.4 Å². The zero-order valence-electron chi connectivity index (χ0n) is 14.1. The Labute approximate surface area is 145 Å². The molecule has 1 aliphatic rings. The van der Waals surface area contributed by atoms with Crippen molar-refractivity contribution in [2.45, 2.75) is 31.7 Å². The number of fused-ring (bicyclic) bond motifs is 1. The van der Waals surface area contributed by atoms with Gasteiger partial charge in [-0.25, -0.2) is 9.78 Å². The van der Waals surface area contributed by atoms with Crippen LogP contribution < -0.4 is 5.32 Å². The molecular formula is C19H20N4O2. The van der Waals surface area contributed by atoms with E-state index in [1.165, 1.54) is 32.8 Å². The predicted molar refractivity (Wildman–Crippen MR) is 95.6 cm³/mol. The van der Waals surface area contributed by atoms with Gasteiger partial charge >= 0.3 is 5.97 Å². The van der Waals surface area contributed by atoms with Gasteiger partial charge in [0.15, 0.2) is 5.65 Å². The first-order chi connectivity index (χ1) is 12.3. The molecule has 0 radical (unpaired) electrons. The van der Waals surface area contributed by atoms with Gasteiger partial charge in [0.1, 0.15) is 11.5 Å². The molecule has 3 aromatic rings. The summed E-state index contributed by atoms with van der Waals surface area (Å²) in [6, 6.07) is 7.81. The molecule has 128 valence electrons. The molecule has 1 fully saturated rings. The van der Waals surface area contributed by atoms with Gasteiger partial charge in [0.25, 0.3) is 0 Å². The maximum Gasteiger partial charge on any atom is 0.337 e. The van der Waals surface area contributed by atoms with Crippen LogP contribution >= 0.6 is 0 Å². The quantitative estimate of drug-likeness (QED) is 0.738. The van der Waals surface area contributed by atoms with Gasteiger partial charge in [-0.2, -0.15) is 0 Å². The van der Waals surface area contributed by atoms with E-state index in [1.54, 1.807) is 24.5 Å². The van der Waals surface area contributed by atoms with Crippen LogP contribution in [-0.2, 0) is 4.74 Å². The van der Waals surface area contributed by atoms with Gasteiger partial charge in [0.05, 0.1) is 18.9 Å². The fraction of sp³-hybridized carbons (Fsp3) is 0.316. The fourth-order valence-electron chi connectivity index (χ4n) is 3.39. The number of aromatic nitrogens is 3. The van der Waals surface area contributed by atoms with Gasteiger partial charge in [-0.05, 0) is 25.0 Å². The van der Waals surface area contributed by atoms with E-state index in [1.807, 2.05) is 22.7 Å². The van der Waals surface area contributed by atoms with Crippen LogP contribution in [0.4, 0.5) is 5.82 Å². The van der Waals surface area contributed by atoms with E-state index in [0.717, 1.165) is 22.7 Å². The lowest BCUT2D eigenvalue weighted by atomic mass is 10.1. The number of hydrogen-bond donors (Lipinski definition) is 1. The molecule has 25 heavy (non-hydrogen) atoms. The van der Waals surface area contributed by atoms with Gasteiger partial charge in [-0.1, -0.05) is 25.0 Å². The third-order valence-corrected chi connectivity index (χ3v) is 4.71. The molecule has 0 saturated heterocycles. The summed E-state index contributed by atoms with van der Waals surface area (Å²) in [5, 5.41) is 3.66. The molecule has 6 nitrogen and oxygen atoms in total. The van der Waals surface area contributed by atoms with Crippen LogP contribution in [0.5, 0.6) is 0 Å². The van der Waals surface area contributed by atoms with E-state index < -0.39 is 0 Å². The maximum atomic E-state index is 11.6. The first-order valence-corrected chi connectivity index (χ1v) is 8.53. The Morgan fingerprint density at radius 2 is 2.00 bits per heavy atom. The second kappa shape index (κ2) is 6.55. The predicted octanol–water partition coefficient (Wildman–Crippen LogP) is 3.54. The van der Waals surface area contributed by atoms with Gasteiger partial charge in [0.2, 0.25) is 0 Å². The molecule has 0 unspecified atom stereocenters. The summed E-state index contributed by atoms with van der Waals surface area (Å²) < 4.78 is 6.80. The number of benzene rings is 1. The molecule has 0 spiro atoms. The molecular weight excluding hydrogens is 316 g/mol. The Balaban J connectivity index is 1.76. The van der Waals surface area contributed by atoms with Crippen molar-refractivity contribution in [3.63, 3.8) is 0 Å². The second-order valence-corrected chi connectivity index (χ2v) is 6.31. The molecule has 1 N–H and O–H groups in total. The molecule has 2 heterocycles. The maximum absolute atomic E-state index is 11.6. The van der Waals surface area contributed by atoms with Crippen molar-refractivity contribution in [1.29, 1.82) is 0 Å². The monoisotopic (exact) mass is 336 g/mol. The van der Waals surface area contributed by atoms with Crippen LogP contribution in [0.25, 0.3) is 16.9 Å². The average molecular weight is 336 g/mol. The normalized spacial score (nSPS) is 14.8. The average Bonchev–Trinajstić information content (AvgIpc) is 3.30. The Bertz CT molecular complexity index is 895. The summed E-state index contributed by atoms with van der Waals surface area (Å²) in [6.07, 6.45) is 10.3. The van der Waals surface area contributed by atoms with Crippen molar-refractivity contribution < 1.29 is 9.53 Å². The lowest BCUT2D eigenvalue weighted by molar-refractivity contribution is 0.0601. The number of carbonyl (C=O) groups is 1. The van der Waals surface area contributed by atoms with Crippen LogP contribution in [-0.4, -0.2) is 33.5 Å². The Morgan fingerprint density at radius 1 is 1.24 bits per heavy atom. The highest BCUT2D eigenvalue weighted by Crippen LogP contribution is 2.31. The largest absolute Gasteiger partial charge is 0.465 e. The zero-order chi connectivity index (χ0) is 17.2. The zero-order valence-corrected chi connectivity index (χ0v) is 14.1. The van der Waals surface area contributed by atoms with Crippen molar-refractivity contribution in [3.05, 3.63) is 48.4 Å². The molecule has 2 aromatic heterocycles. The minimum Gasteiger partial charge on any atom is -0.465 e. The van der Waals surface area contributed by atoms with Crippen LogP contribution in [0.2, 0.25) is 0 Å². The van der Waals surface area contributed by atoms with E-state index in [-0.39, 0.29) is 5.97 Å². The number of esters is 1. The number of carbonyl (C=O) groups excluding carboxylic acids is 1. The third-order valence-electron chi connectivity index (χ3n) is 4.71. The molecule has 4 rings (SSSR count). The van der Waals surface area contributed by atoms with E-state index in [4.69, 9.17) is 9.72 Å². The van der Waals surface area contributed by atoms with Gasteiger partial charge in [-0.15, -0.1) is 0 Å². The second-order valence-electron chi connectivity index (χ2n) is 6.31. The SMILES string of the molecule is COC(=O)c1ccc(-c2nc3cnccn3c2NC2CCCC2)cc1. The molecule has 0 bridgehead atoms. The number of methoxy groups -OCH3 is 1. The highest BCUT2D eigenvalue weighted by molar-refractivity contribution is 5.90. The molecule has 1 aliphatic carbocycles. The minimum absolute atomic E-state index is 0.338. The molecule has 1 saturated carbocycles. The third kappa shape index (κ3) is 2.95. The number of hydrogen-bond acceptors (Lipinski definition) is 5. The van der Waals surface area contributed by atoms with Gasteiger partial charge < -0.3 is 10.1 Å². The molecule has 0 atom stereocenters. The van der Waals surface area contributed by atoms with Crippen molar-refractivity contribution in [1.82, 2.24) is 14.4 Å². The summed E-state index contributed by atoms with van der Waals surface area (Å²) in [5.74, 6) is 0.644.